The topological polar surface area (TPSA) is 98.1 Å². The van der Waals surface area contributed by atoms with Crippen molar-refractivity contribution in [1.82, 2.24) is 15.2 Å². The third-order valence-electron chi connectivity index (χ3n) is 5.83. The van der Waals surface area contributed by atoms with Gasteiger partial charge in [0, 0.05) is 13.1 Å². The maximum absolute atomic E-state index is 6.07. The number of rotatable bonds is 9. The smallest absolute Gasteiger partial charge is 0.208 e. The van der Waals surface area contributed by atoms with E-state index in [1.54, 1.807) is 14.2 Å². The minimum absolute atomic E-state index is 0. The van der Waals surface area contributed by atoms with Gasteiger partial charge in [0.2, 0.25) is 5.89 Å². The van der Waals surface area contributed by atoms with Gasteiger partial charge in [-0.25, -0.2) is 4.98 Å². The van der Waals surface area contributed by atoms with Gasteiger partial charge in [0.25, 0.3) is 0 Å². The average Bonchev–Trinajstić information content (AvgIpc) is 3.09. The fourth-order valence-corrected chi connectivity index (χ4v) is 3.78. The molecule has 3 rings (SSSR count). The third kappa shape index (κ3) is 7.54. The number of nitrogens with one attached hydrogen (secondary N) is 1. The molecule has 2 heterocycles. The number of hydrogen-bond acceptors (Lipinski definition) is 6. The van der Waals surface area contributed by atoms with Crippen molar-refractivity contribution >= 4 is 29.9 Å². The third-order valence-corrected chi connectivity index (χ3v) is 5.83. The maximum atomic E-state index is 6.07. The first kappa shape index (κ1) is 26.2. The molecule has 0 amide bonds. The van der Waals surface area contributed by atoms with Crippen molar-refractivity contribution in [1.29, 1.82) is 0 Å². The molecule has 32 heavy (non-hydrogen) atoms. The average molecular weight is 557 g/mol. The highest BCUT2D eigenvalue weighted by Gasteiger charge is 2.20. The van der Waals surface area contributed by atoms with Crippen molar-refractivity contribution < 1.29 is 13.9 Å². The number of piperidine rings is 1. The summed E-state index contributed by atoms with van der Waals surface area (Å²) in [5.41, 5.74) is 8.20. The largest absolute Gasteiger partial charge is 0.493 e. The molecule has 1 aliphatic rings. The first-order chi connectivity index (χ1) is 15.0. The lowest BCUT2D eigenvalue weighted by molar-refractivity contribution is 0.166. The van der Waals surface area contributed by atoms with Crippen molar-refractivity contribution in [3.63, 3.8) is 0 Å². The molecule has 3 N–H and O–H groups in total. The second kappa shape index (κ2) is 12.9. The maximum Gasteiger partial charge on any atom is 0.208 e. The van der Waals surface area contributed by atoms with E-state index < -0.39 is 0 Å². The van der Waals surface area contributed by atoms with E-state index in [4.69, 9.17) is 19.6 Å². The molecule has 9 heteroatoms. The van der Waals surface area contributed by atoms with Crippen LogP contribution >= 0.6 is 24.0 Å². The number of nitrogens with zero attached hydrogens (tertiary/aromatic N) is 3. The quantitative estimate of drug-likeness (QED) is 0.278. The van der Waals surface area contributed by atoms with Crippen LogP contribution in [-0.4, -0.2) is 56.2 Å². The highest BCUT2D eigenvalue weighted by atomic mass is 127. The number of aromatic nitrogens is 1. The molecule has 178 valence electrons. The number of nitrogens with two attached hydrogens (primary N) is 1. The molecule has 0 spiro atoms. The summed E-state index contributed by atoms with van der Waals surface area (Å²) in [6.07, 6.45) is 3.05. The van der Waals surface area contributed by atoms with Crippen LogP contribution < -0.4 is 20.5 Å². The molecule has 1 aliphatic heterocycles. The normalized spacial score (nSPS) is 15.3. The lowest BCUT2D eigenvalue weighted by Crippen LogP contribution is -2.36. The predicted molar refractivity (Wildman–Crippen MR) is 137 cm³/mol. The molecule has 1 aromatic heterocycles. The Morgan fingerprint density at radius 2 is 1.94 bits per heavy atom. The zero-order valence-electron chi connectivity index (χ0n) is 19.5. The summed E-state index contributed by atoms with van der Waals surface area (Å²) in [6.45, 7) is 8.28. The molecule has 0 saturated carbocycles. The molecule has 0 radical (unpaired) electrons. The van der Waals surface area contributed by atoms with Crippen molar-refractivity contribution in [2.75, 3.05) is 40.4 Å². The fraction of sp³-hybridized carbons (Fsp3) is 0.565. The lowest BCUT2D eigenvalue weighted by Gasteiger charge is -2.30. The van der Waals surface area contributed by atoms with Crippen molar-refractivity contribution in [2.45, 2.75) is 39.7 Å². The van der Waals surface area contributed by atoms with Gasteiger partial charge in [0.15, 0.2) is 17.5 Å². The molecule has 8 nitrogen and oxygen atoms in total. The SMILES string of the molecule is COc1ccc(CCNC(N)=NCC2CCN(Cc3nc(C)c(C)o3)CC2)cc1OC.I. The Labute approximate surface area is 208 Å². The summed E-state index contributed by atoms with van der Waals surface area (Å²) in [5.74, 6) is 4.27. The van der Waals surface area contributed by atoms with E-state index in [9.17, 15) is 0 Å². The molecular formula is C23H36IN5O3. The Balaban J connectivity index is 0.00000363. The molecular weight excluding hydrogens is 521 g/mol. The van der Waals surface area contributed by atoms with Crippen LogP contribution in [0.5, 0.6) is 11.5 Å². The van der Waals surface area contributed by atoms with Gasteiger partial charge in [0.05, 0.1) is 26.5 Å². The standard InChI is InChI=1S/C23H35N5O3.HI/c1-16-17(2)31-22(27-16)15-28-11-8-19(9-12-28)14-26-23(24)25-10-7-18-5-6-20(29-3)21(13-18)30-4;/h5-6,13,19H,7-12,14-15H2,1-4H3,(H3,24,25,26);1H. The predicted octanol–water partition coefficient (Wildman–Crippen LogP) is 3.29. The number of guanidine groups is 1. The van der Waals surface area contributed by atoms with E-state index in [1.807, 2.05) is 32.0 Å². The summed E-state index contributed by atoms with van der Waals surface area (Å²) >= 11 is 0. The van der Waals surface area contributed by atoms with Crippen LogP contribution in [0.1, 0.15) is 35.7 Å². The van der Waals surface area contributed by atoms with Gasteiger partial charge in [-0.3, -0.25) is 9.89 Å². The van der Waals surface area contributed by atoms with Gasteiger partial charge in [-0.15, -0.1) is 24.0 Å². The van der Waals surface area contributed by atoms with Crippen LogP contribution in [0, 0.1) is 19.8 Å². The van der Waals surface area contributed by atoms with E-state index in [0.717, 1.165) is 86.4 Å². The van der Waals surface area contributed by atoms with Crippen LogP contribution in [0.3, 0.4) is 0 Å². The van der Waals surface area contributed by atoms with Gasteiger partial charge in [-0.1, -0.05) is 6.07 Å². The Bertz CT molecular complexity index is 859. The van der Waals surface area contributed by atoms with E-state index in [0.29, 0.717) is 11.9 Å². The zero-order valence-corrected chi connectivity index (χ0v) is 21.8. The molecule has 1 saturated heterocycles. The molecule has 1 fully saturated rings. The van der Waals surface area contributed by atoms with Gasteiger partial charge in [-0.05, 0) is 69.8 Å². The lowest BCUT2D eigenvalue weighted by atomic mass is 9.97. The van der Waals surface area contributed by atoms with Crippen LogP contribution in [0.15, 0.2) is 27.6 Å². The Morgan fingerprint density at radius 3 is 2.56 bits per heavy atom. The molecule has 0 unspecified atom stereocenters. The number of oxazole rings is 1. The van der Waals surface area contributed by atoms with Crippen LogP contribution in [0.2, 0.25) is 0 Å². The van der Waals surface area contributed by atoms with Gasteiger partial charge >= 0.3 is 0 Å². The van der Waals surface area contributed by atoms with E-state index >= 15 is 0 Å². The Morgan fingerprint density at radius 1 is 1.22 bits per heavy atom. The summed E-state index contributed by atoms with van der Waals surface area (Å²) in [4.78, 5) is 11.4. The highest BCUT2D eigenvalue weighted by molar-refractivity contribution is 14.0. The zero-order chi connectivity index (χ0) is 22.2. The summed E-state index contributed by atoms with van der Waals surface area (Å²) in [5, 5.41) is 3.21. The van der Waals surface area contributed by atoms with Crippen molar-refractivity contribution in [2.24, 2.45) is 16.6 Å². The second-order valence-electron chi connectivity index (χ2n) is 8.06. The first-order valence-electron chi connectivity index (χ1n) is 10.9. The van der Waals surface area contributed by atoms with Gasteiger partial charge in [-0.2, -0.15) is 0 Å². The summed E-state index contributed by atoms with van der Waals surface area (Å²) in [6, 6.07) is 5.94. The van der Waals surface area contributed by atoms with Gasteiger partial charge in [0.1, 0.15) is 5.76 Å². The Hall–Kier alpha value is -2.01. The molecule has 0 bridgehead atoms. The molecule has 0 aliphatic carbocycles. The second-order valence-corrected chi connectivity index (χ2v) is 8.06. The van der Waals surface area contributed by atoms with E-state index in [-0.39, 0.29) is 24.0 Å². The van der Waals surface area contributed by atoms with Crippen LogP contribution in [0.4, 0.5) is 0 Å². The fourth-order valence-electron chi connectivity index (χ4n) is 3.78. The minimum atomic E-state index is 0. The number of ether oxygens (including phenoxy) is 2. The number of aliphatic imine (C=N–C) groups is 1. The number of hydrogen-bond donors (Lipinski definition) is 2. The highest BCUT2D eigenvalue weighted by Crippen LogP contribution is 2.27. The number of methoxy groups -OCH3 is 2. The minimum Gasteiger partial charge on any atom is -0.493 e. The number of likely N-dealkylation sites (tertiary alicyclic amines) is 1. The van der Waals surface area contributed by atoms with Gasteiger partial charge < -0.3 is 24.9 Å². The van der Waals surface area contributed by atoms with E-state index in [1.165, 1.54) is 0 Å². The van der Waals surface area contributed by atoms with Crippen LogP contribution in [0.25, 0.3) is 0 Å². The van der Waals surface area contributed by atoms with E-state index in [2.05, 4.69) is 20.2 Å². The first-order valence-corrected chi connectivity index (χ1v) is 10.9. The monoisotopic (exact) mass is 557 g/mol. The van der Waals surface area contributed by atoms with Crippen molar-refractivity contribution in [3.8, 4) is 11.5 Å². The molecule has 2 aromatic rings. The van der Waals surface area contributed by atoms with Crippen LogP contribution in [-0.2, 0) is 13.0 Å². The molecule has 0 atom stereocenters. The number of aryl methyl sites for hydroxylation is 2. The van der Waals surface area contributed by atoms with Crippen molar-refractivity contribution in [3.05, 3.63) is 41.1 Å². The number of halogens is 1. The molecule has 1 aromatic carbocycles. The summed E-state index contributed by atoms with van der Waals surface area (Å²) in [7, 11) is 3.28. The number of benzene rings is 1. The summed E-state index contributed by atoms with van der Waals surface area (Å²) < 4.78 is 16.3. The Kier molecular flexibility index (Phi) is 10.6.